The number of carbonyl (C=O) groups is 1. The van der Waals surface area contributed by atoms with Crippen LogP contribution in [0.1, 0.15) is 16.7 Å². The Bertz CT molecular complexity index is 844. The van der Waals surface area contributed by atoms with Gasteiger partial charge in [0.2, 0.25) is 0 Å². The number of carbonyl (C=O) groups excluding carboxylic acids is 1. The van der Waals surface area contributed by atoms with E-state index in [2.05, 4.69) is 12.1 Å². The molecule has 0 atom stereocenters. The minimum Gasteiger partial charge on any atom is -0.378 e. The number of nitriles is 1. The first-order valence-corrected chi connectivity index (χ1v) is 8.34. The van der Waals surface area contributed by atoms with Crippen molar-refractivity contribution < 1.29 is 4.79 Å². The molecule has 1 heterocycles. The normalized spacial score (nSPS) is 13.8. The number of hydrogen-bond acceptors (Lipinski definition) is 3. The molecule has 126 valence electrons. The molecule has 0 bridgehead atoms. The summed E-state index contributed by atoms with van der Waals surface area (Å²) < 4.78 is 0. The second kappa shape index (κ2) is 7.23. The van der Waals surface area contributed by atoms with Gasteiger partial charge in [-0.15, -0.1) is 0 Å². The number of fused-ring (bicyclic) bond motifs is 1. The minimum atomic E-state index is -0.200. The lowest BCUT2D eigenvalue weighted by molar-refractivity contribution is -0.127. The zero-order valence-corrected chi connectivity index (χ0v) is 14.6. The molecule has 0 saturated heterocycles. The summed E-state index contributed by atoms with van der Waals surface area (Å²) in [6.07, 6.45) is 2.50. The maximum Gasteiger partial charge on any atom is 0.264 e. The maximum absolute atomic E-state index is 12.7. The van der Waals surface area contributed by atoms with Gasteiger partial charge in [-0.3, -0.25) is 4.79 Å². The molecule has 2 aromatic rings. The van der Waals surface area contributed by atoms with Crippen molar-refractivity contribution in [1.82, 2.24) is 4.90 Å². The van der Waals surface area contributed by atoms with Crippen molar-refractivity contribution in [2.75, 3.05) is 25.5 Å². The van der Waals surface area contributed by atoms with Crippen molar-refractivity contribution in [2.45, 2.75) is 13.0 Å². The van der Waals surface area contributed by atoms with Crippen LogP contribution in [0.5, 0.6) is 0 Å². The average molecular weight is 331 g/mol. The van der Waals surface area contributed by atoms with Crippen molar-refractivity contribution >= 4 is 17.7 Å². The molecule has 2 aromatic carbocycles. The molecule has 1 amide bonds. The molecule has 4 nitrogen and oxygen atoms in total. The highest BCUT2D eigenvalue weighted by atomic mass is 16.2. The lowest BCUT2D eigenvalue weighted by atomic mass is 9.99. The molecule has 25 heavy (non-hydrogen) atoms. The van der Waals surface area contributed by atoms with Crippen molar-refractivity contribution in [3.05, 3.63) is 70.8 Å². The summed E-state index contributed by atoms with van der Waals surface area (Å²) in [4.78, 5) is 16.5. The van der Waals surface area contributed by atoms with Gasteiger partial charge in [0.15, 0.2) is 0 Å². The molecular weight excluding hydrogens is 310 g/mol. The largest absolute Gasteiger partial charge is 0.378 e. The summed E-state index contributed by atoms with van der Waals surface area (Å²) in [7, 11) is 3.95. The first-order valence-electron chi connectivity index (χ1n) is 8.34. The predicted octanol–water partition coefficient (Wildman–Crippen LogP) is 3.24. The monoisotopic (exact) mass is 331 g/mol. The van der Waals surface area contributed by atoms with Gasteiger partial charge in [-0.25, -0.2) is 0 Å². The Kier molecular flexibility index (Phi) is 4.85. The van der Waals surface area contributed by atoms with Gasteiger partial charge in [0, 0.05) is 32.9 Å². The van der Waals surface area contributed by atoms with E-state index in [4.69, 9.17) is 0 Å². The summed E-state index contributed by atoms with van der Waals surface area (Å²) in [6.45, 7) is 1.21. The number of rotatable bonds is 3. The summed E-state index contributed by atoms with van der Waals surface area (Å²) in [5.41, 5.74) is 4.56. The van der Waals surface area contributed by atoms with Gasteiger partial charge in [-0.2, -0.15) is 5.26 Å². The number of nitrogens with zero attached hydrogens (tertiary/aromatic N) is 3. The van der Waals surface area contributed by atoms with Crippen molar-refractivity contribution in [3.8, 4) is 6.07 Å². The van der Waals surface area contributed by atoms with Crippen molar-refractivity contribution in [3.63, 3.8) is 0 Å². The van der Waals surface area contributed by atoms with Crippen LogP contribution in [0.2, 0.25) is 0 Å². The summed E-state index contributed by atoms with van der Waals surface area (Å²) in [5, 5.41) is 9.45. The summed E-state index contributed by atoms with van der Waals surface area (Å²) in [6, 6.07) is 18.0. The van der Waals surface area contributed by atoms with Gasteiger partial charge in [0.1, 0.15) is 11.6 Å². The summed E-state index contributed by atoms with van der Waals surface area (Å²) >= 11 is 0. The molecule has 4 heteroatoms. The number of anilines is 1. The fourth-order valence-electron chi connectivity index (χ4n) is 3.02. The van der Waals surface area contributed by atoms with Crippen LogP contribution in [0.25, 0.3) is 6.08 Å². The highest BCUT2D eigenvalue weighted by molar-refractivity contribution is 6.01. The van der Waals surface area contributed by atoms with Gasteiger partial charge in [0.25, 0.3) is 5.91 Å². The first-order chi connectivity index (χ1) is 12.1. The lowest BCUT2D eigenvalue weighted by Crippen LogP contribution is -2.36. The summed E-state index contributed by atoms with van der Waals surface area (Å²) in [5.74, 6) is -0.200. The van der Waals surface area contributed by atoms with Crippen LogP contribution in [-0.2, 0) is 17.8 Å². The van der Waals surface area contributed by atoms with E-state index in [1.165, 1.54) is 5.56 Å². The molecule has 0 unspecified atom stereocenters. The van der Waals surface area contributed by atoms with Crippen LogP contribution in [-0.4, -0.2) is 31.4 Å². The van der Waals surface area contributed by atoms with E-state index in [9.17, 15) is 10.1 Å². The Morgan fingerprint density at radius 1 is 1.12 bits per heavy atom. The third-order valence-corrected chi connectivity index (χ3v) is 4.49. The van der Waals surface area contributed by atoms with Gasteiger partial charge in [-0.05, 0) is 41.3 Å². The van der Waals surface area contributed by atoms with Gasteiger partial charge < -0.3 is 9.80 Å². The quantitative estimate of drug-likeness (QED) is 0.641. The Labute approximate surface area is 148 Å². The molecule has 0 N–H and O–H groups in total. The zero-order valence-electron chi connectivity index (χ0n) is 14.6. The highest BCUT2D eigenvalue weighted by Gasteiger charge is 2.23. The topological polar surface area (TPSA) is 47.3 Å². The SMILES string of the molecule is CN(C)c1ccc(/C=C(/C#N)C(=O)N2CCc3ccccc3C2)cc1. The third-order valence-electron chi connectivity index (χ3n) is 4.49. The van der Waals surface area contributed by atoms with Gasteiger partial charge >= 0.3 is 0 Å². The van der Waals surface area contributed by atoms with E-state index >= 15 is 0 Å². The fourth-order valence-corrected chi connectivity index (χ4v) is 3.02. The first kappa shape index (κ1) is 16.8. The molecule has 0 fully saturated rings. The standard InChI is InChI=1S/C21H21N3O/c1-23(2)20-9-7-16(8-10-20)13-19(14-22)21(25)24-12-11-17-5-3-4-6-18(17)15-24/h3-10,13H,11-12,15H2,1-2H3/b19-13-. The van der Waals surface area contributed by atoms with Crippen LogP contribution in [0, 0.1) is 11.3 Å². The average Bonchev–Trinajstić information content (AvgIpc) is 2.65. The van der Waals surface area contributed by atoms with Crippen molar-refractivity contribution in [1.29, 1.82) is 5.26 Å². The molecule has 0 spiro atoms. The molecule has 0 saturated carbocycles. The zero-order chi connectivity index (χ0) is 17.8. The van der Waals surface area contributed by atoms with Gasteiger partial charge in [-0.1, -0.05) is 36.4 Å². The van der Waals surface area contributed by atoms with E-state index in [0.717, 1.165) is 23.2 Å². The molecule has 1 aliphatic heterocycles. The Morgan fingerprint density at radius 3 is 2.44 bits per heavy atom. The fraction of sp³-hybridized carbons (Fsp3) is 0.238. The smallest absolute Gasteiger partial charge is 0.264 e. The van der Waals surface area contributed by atoms with Crippen LogP contribution in [0.4, 0.5) is 5.69 Å². The second-order valence-corrected chi connectivity index (χ2v) is 6.40. The molecule has 0 radical (unpaired) electrons. The third kappa shape index (κ3) is 3.72. The molecule has 0 aliphatic carbocycles. The molecular formula is C21H21N3O. The van der Waals surface area contributed by atoms with Crippen LogP contribution < -0.4 is 4.90 Å². The van der Waals surface area contributed by atoms with Crippen LogP contribution in [0.15, 0.2) is 54.1 Å². The van der Waals surface area contributed by atoms with Gasteiger partial charge in [0.05, 0.1) is 0 Å². The Balaban J connectivity index is 1.79. The second-order valence-electron chi connectivity index (χ2n) is 6.40. The van der Waals surface area contributed by atoms with E-state index in [0.29, 0.717) is 13.1 Å². The molecule has 0 aromatic heterocycles. The number of amides is 1. The lowest BCUT2D eigenvalue weighted by Gasteiger charge is -2.28. The Hall–Kier alpha value is -3.06. The van der Waals surface area contributed by atoms with E-state index in [1.807, 2.05) is 61.5 Å². The molecule has 1 aliphatic rings. The van der Waals surface area contributed by atoms with E-state index < -0.39 is 0 Å². The molecule has 3 rings (SSSR count). The number of benzene rings is 2. The number of hydrogen-bond donors (Lipinski definition) is 0. The predicted molar refractivity (Wildman–Crippen MR) is 99.9 cm³/mol. The van der Waals surface area contributed by atoms with E-state index in [-0.39, 0.29) is 11.5 Å². The maximum atomic E-state index is 12.7. The van der Waals surface area contributed by atoms with Crippen molar-refractivity contribution in [2.24, 2.45) is 0 Å². The van der Waals surface area contributed by atoms with Crippen LogP contribution >= 0.6 is 0 Å². The highest BCUT2D eigenvalue weighted by Crippen LogP contribution is 2.21. The Morgan fingerprint density at radius 2 is 1.80 bits per heavy atom. The minimum absolute atomic E-state index is 0.178. The van der Waals surface area contributed by atoms with Crippen LogP contribution in [0.3, 0.4) is 0 Å². The van der Waals surface area contributed by atoms with E-state index in [1.54, 1.807) is 11.0 Å².